The van der Waals surface area contributed by atoms with Gasteiger partial charge in [-0.25, -0.2) is 4.68 Å². The van der Waals surface area contributed by atoms with Crippen LogP contribution in [0.15, 0.2) is 86.6 Å². The molecule has 0 bridgehead atoms. The Labute approximate surface area is 208 Å². The van der Waals surface area contributed by atoms with E-state index in [9.17, 15) is 23.3 Å². The molecule has 0 unspecified atom stereocenters. The number of nitrogens with one attached hydrogen (secondary N) is 1. The lowest BCUT2D eigenvalue weighted by Crippen LogP contribution is -2.17. The summed E-state index contributed by atoms with van der Waals surface area (Å²) < 4.78 is 44.0. The zero-order chi connectivity index (χ0) is 26.2. The highest BCUT2D eigenvalue weighted by Gasteiger charge is 2.20. The number of H-pyrrole nitrogens is 1. The molecule has 0 saturated heterocycles. The van der Waals surface area contributed by atoms with Crippen molar-refractivity contribution in [3.05, 3.63) is 87.2 Å². The van der Waals surface area contributed by atoms with Gasteiger partial charge < -0.3 is 9.47 Å². The molecule has 2 N–H and O–H groups in total. The Morgan fingerprint density at radius 2 is 1.62 bits per heavy atom. The van der Waals surface area contributed by atoms with Crippen LogP contribution in [0.25, 0.3) is 16.9 Å². The molecule has 14 heteroatoms. The Morgan fingerprint density at radius 1 is 0.946 bits per heavy atom. The second-order valence-electron chi connectivity index (χ2n) is 7.78. The average Bonchev–Trinajstić information content (AvgIpc) is 3.22. The largest absolute Gasteiger partial charge is 0.486 e. The number of fused-ring (bicyclic) bond motifs is 1. The topological polar surface area (TPSA) is 178 Å². The number of rotatable bonds is 6. The van der Waals surface area contributed by atoms with Gasteiger partial charge in [0, 0.05) is 23.8 Å². The molecule has 2 heterocycles. The molecule has 0 saturated carbocycles. The van der Waals surface area contributed by atoms with E-state index in [1.165, 1.54) is 41.1 Å². The van der Waals surface area contributed by atoms with Gasteiger partial charge in [-0.15, -0.1) is 5.11 Å². The molecule has 1 aliphatic rings. The van der Waals surface area contributed by atoms with E-state index in [-0.39, 0.29) is 27.7 Å². The molecule has 0 spiro atoms. The maximum Gasteiger partial charge on any atom is 0.299 e. The number of nitro benzene ring substituents is 1. The number of azo groups is 1. The van der Waals surface area contributed by atoms with Crippen LogP contribution < -0.4 is 15.0 Å². The molecule has 1 aliphatic heterocycles. The summed E-state index contributed by atoms with van der Waals surface area (Å²) in [6, 6.07) is 15.4. The quantitative estimate of drug-likeness (QED) is 0.163. The van der Waals surface area contributed by atoms with Gasteiger partial charge in [-0.05, 0) is 48.5 Å². The Balaban J connectivity index is 1.59. The summed E-state index contributed by atoms with van der Waals surface area (Å²) >= 11 is 0. The molecular weight excluding hydrogens is 506 g/mol. The van der Waals surface area contributed by atoms with Crippen LogP contribution >= 0.6 is 0 Å². The summed E-state index contributed by atoms with van der Waals surface area (Å²) in [5.41, 5.74) is 0.540. The molecule has 13 nitrogen and oxygen atoms in total. The first-order valence-electron chi connectivity index (χ1n) is 10.7. The van der Waals surface area contributed by atoms with Crippen molar-refractivity contribution in [3.8, 4) is 28.4 Å². The van der Waals surface area contributed by atoms with Crippen molar-refractivity contribution in [3.63, 3.8) is 0 Å². The molecule has 0 radical (unpaired) electrons. The smallest absolute Gasteiger partial charge is 0.299 e. The van der Waals surface area contributed by atoms with Gasteiger partial charge in [0.05, 0.1) is 26.9 Å². The second-order valence-corrected chi connectivity index (χ2v) is 9.20. The van der Waals surface area contributed by atoms with E-state index in [2.05, 4.69) is 15.3 Å². The van der Waals surface area contributed by atoms with Crippen molar-refractivity contribution < 1.29 is 27.4 Å². The van der Waals surface area contributed by atoms with Gasteiger partial charge >= 0.3 is 0 Å². The fourth-order valence-corrected chi connectivity index (χ4v) is 4.10. The first-order valence-corrected chi connectivity index (χ1v) is 12.1. The molecule has 37 heavy (non-hydrogen) atoms. The Morgan fingerprint density at radius 3 is 2.27 bits per heavy atom. The van der Waals surface area contributed by atoms with E-state index in [0.29, 0.717) is 36.0 Å². The zero-order valence-corrected chi connectivity index (χ0v) is 19.6. The molecule has 4 aromatic rings. The number of benzene rings is 3. The lowest BCUT2D eigenvalue weighted by atomic mass is 10.1. The molecule has 5 rings (SSSR count). The highest BCUT2D eigenvalue weighted by atomic mass is 32.2. The summed E-state index contributed by atoms with van der Waals surface area (Å²) in [5, 5.41) is 22.2. The summed E-state index contributed by atoms with van der Waals surface area (Å²) in [4.78, 5) is 23.6. The van der Waals surface area contributed by atoms with Crippen LogP contribution in [0.5, 0.6) is 11.5 Å². The normalized spacial score (nSPS) is 13.1. The van der Waals surface area contributed by atoms with Gasteiger partial charge in [-0.3, -0.25) is 24.6 Å². The first kappa shape index (κ1) is 23.9. The number of non-ortho nitro benzene ring substituents is 1. The predicted molar refractivity (Wildman–Crippen MR) is 130 cm³/mol. The Hall–Kier alpha value is -4.82. The number of ether oxygens (including phenoxy) is 2. The third kappa shape index (κ3) is 4.82. The lowest BCUT2D eigenvalue weighted by molar-refractivity contribution is -0.384. The van der Waals surface area contributed by atoms with E-state index in [0.717, 1.165) is 12.1 Å². The predicted octanol–water partition coefficient (Wildman–Crippen LogP) is 4.17. The lowest BCUT2D eigenvalue weighted by Gasteiger charge is -2.18. The maximum absolute atomic E-state index is 13.4. The van der Waals surface area contributed by atoms with Crippen LogP contribution in [0.4, 0.5) is 17.1 Å². The van der Waals surface area contributed by atoms with Crippen molar-refractivity contribution in [2.75, 3.05) is 13.2 Å². The second kappa shape index (κ2) is 9.33. The van der Waals surface area contributed by atoms with E-state index in [1.807, 2.05) is 0 Å². The molecule has 188 valence electrons. The number of nitro groups is 1. The van der Waals surface area contributed by atoms with Gasteiger partial charge in [0.15, 0.2) is 17.2 Å². The Kier molecular flexibility index (Phi) is 6.02. The van der Waals surface area contributed by atoms with Crippen LogP contribution in [0.3, 0.4) is 0 Å². The Bertz CT molecular complexity index is 1690. The number of aromatic amines is 1. The summed E-state index contributed by atoms with van der Waals surface area (Å²) in [5.74, 6) is 1.00. The van der Waals surface area contributed by atoms with E-state index < -0.39 is 20.6 Å². The third-order valence-electron chi connectivity index (χ3n) is 5.42. The maximum atomic E-state index is 13.4. The van der Waals surface area contributed by atoms with Crippen LogP contribution in [0.2, 0.25) is 0 Å². The minimum atomic E-state index is -4.38. The molecule has 0 fully saturated rings. The monoisotopic (exact) mass is 523 g/mol. The van der Waals surface area contributed by atoms with Crippen LogP contribution in [0, 0.1) is 10.1 Å². The minimum absolute atomic E-state index is 0.0948. The first-order chi connectivity index (χ1) is 17.7. The minimum Gasteiger partial charge on any atom is -0.486 e. The number of hydrogen-bond donors (Lipinski definition) is 2. The van der Waals surface area contributed by atoms with Crippen molar-refractivity contribution in [1.82, 2.24) is 9.78 Å². The highest BCUT2D eigenvalue weighted by Crippen LogP contribution is 2.34. The fraction of sp³-hybridized carbons (Fsp3) is 0.0870. The summed E-state index contributed by atoms with van der Waals surface area (Å²) in [7, 11) is -4.38. The van der Waals surface area contributed by atoms with Crippen molar-refractivity contribution in [2.45, 2.75) is 4.90 Å². The summed E-state index contributed by atoms with van der Waals surface area (Å²) in [6.45, 7) is 0.773. The zero-order valence-electron chi connectivity index (χ0n) is 18.8. The van der Waals surface area contributed by atoms with Gasteiger partial charge in [-0.2, -0.15) is 13.5 Å². The molecule has 3 aromatic carbocycles. The van der Waals surface area contributed by atoms with Gasteiger partial charge in [-0.1, -0.05) is 0 Å². The van der Waals surface area contributed by atoms with Crippen LogP contribution in [0.1, 0.15) is 0 Å². The highest BCUT2D eigenvalue weighted by molar-refractivity contribution is 7.85. The molecule has 0 atom stereocenters. The van der Waals surface area contributed by atoms with Gasteiger partial charge in [0.25, 0.3) is 21.4 Å². The molecule has 1 aromatic heterocycles. The fourth-order valence-electron chi connectivity index (χ4n) is 3.62. The number of hydrogen-bond acceptors (Lipinski definition) is 9. The van der Waals surface area contributed by atoms with E-state index >= 15 is 0 Å². The van der Waals surface area contributed by atoms with E-state index in [1.54, 1.807) is 18.2 Å². The summed E-state index contributed by atoms with van der Waals surface area (Å²) in [6.07, 6.45) is 0. The number of aromatic nitrogens is 2. The van der Waals surface area contributed by atoms with Crippen molar-refractivity contribution >= 4 is 27.2 Å². The molecule has 0 amide bonds. The molecule has 0 aliphatic carbocycles. The SMILES string of the molecule is O=c1c(N=Nc2ccc(S(=O)(=O)O)cc2)c(-c2ccc([N+](=O)[O-])cc2)[nH]n1-c1ccc2c(c1)OCCO2. The van der Waals surface area contributed by atoms with E-state index in [4.69, 9.17) is 14.0 Å². The average molecular weight is 523 g/mol. The van der Waals surface area contributed by atoms with Crippen molar-refractivity contribution in [1.29, 1.82) is 0 Å². The standard InChI is InChI=1S/C23H17N5O8S/c29-23-22(25-24-15-3-8-18(9-4-15)37(32,33)34)21(14-1-5-16(6-2-14)28(30)31)26-27(23)17-7-10-19-20(13-17)36-12-11-35-19/h1-10,13,26H,11-12H2,(H,32,33,34). The third-order valence-corrected chi connectivity index (χ3v) is 6.28. The van der Waals surface area contributed by atoms with Crippen LogP contribution in [-0.2, 0) is 10.1 Å². The van der Waals surface area contributed by atoms with Crippen molar-refractivity contribution in [2.24, 2.45) is 10.2 Å². The van der Waals surface area contributed by atoms with Gasteiger partial charge in [0.1, 0.15) is 13.2 Å². The van der Waals surface area contributed by atoms with Gasteiger partial charge in [0.2, 0.25) is 0 Å². The molecular formula is C23H17N5O8S. The van der Waals surface area contributed by atoms with Crippen LogP contribution in [-0.4, -0.2) is 40.9 Å². The number of nitrogens with zero attached hydrogens (tertiary/aromatic N) is 4.